The molecule has 0 spiro atoms. The highest BCUT2D eigenvalue weighted by Gasteiger charge is 2.47. The molecule has 5 atom stereocenters. The van der Waals surface area contributed by atoms with Crippen molar-refractivity contribution in [3.05, 3.63) is 57.1 Å². The first-order valence-corrected chi connectivity index (χ1v) is 15.0. The van der Waals surface area contributed by atoms with Gasteiger partial charge in [-0.15, -0.1) is 0 Å². The van der Waals surface area contributed by atoms with Crippen molar-refractivity contribution >= 4 is 46.7 Å². The largest absolute Gasteiger partial charge is 0.486 e. The van der Waals surface area contributed by atoms with Gasteiger partial charge in [0.05, 0.1) is 22.2 Å². The van der Waals surface area contributed by atoms with Gasteiger partial charge in [-0.25, -0.2) is 4.79 Å². The van der Waals surface area contributed by atoms with Crippen LogP contribution >= 0.6 is 23.2 Å². The summed E-state index contributed by atoms with van der Waals surface area (Å²) in [5.74, 6) is -1.42. The molecule has 3 rings (SSSR count). The van der Waals surface area contributed by atoms with Gasteiger partial charge in [0.15, 0.2) is 18.1 Å². The van der Waals surface area contributed by atoms with Gasteiger partial charge < -0.3 is 44.3 Å². The van der Waals surface area contributed by atoms with Crippen LogP contribution in [0, 0.1) is 6.92 Å². The van der Waals surface area contributed by atoms with E-state index in [0.29, 0.717) is 17.7 Å². The molecular formula is C31H39Cl2NO11. The molecule has 2 aromatic carbocycles. The molecule has 1 saturated heterocycles. The van der Waals surface area contributed by atoms with Gasteiger partial charge in [-0.1, -0.05) is 35.3 Å². The van der Waals surface area contributed by atoms with Gasteiger partial charge in [0, 0.05) is 25.6 Å². The summed E-state index contributed by atoms with van der Waals surface area (Å²) in [6, 6.07) is 8.24. The van der Waals surface area contributed by atoms with Crippen molar-refractivity contribution in [3.8, 4) is 5.75 Å². The zero-order valence-corrected chi connectivity index (χ0v) is 27.2. The van der Waals surface area contributed by atoms with E-state index in [2.05, 4.69) is 5.32 Å². The summed E-state index contributed by atoms with van der Waals surface area (Å²) in [6.45, 7) is 6.34. The van der Waals surface area contributed by atoms with E-state index in [9.17, 15) is 29.7 Å². The van der Waals surface area contributed by atoms with Gasteiger partial charge in [-0.05, 0) is 63.4 Å². The van der Waals surface area contributed by atoms with E-state index in [1.165, 1.54) is 13.2 Å². The molecule has 1 aliphatic rings. The number of methoxy groups -OCH3 is 1. The highest BCUT2D eigenvalue weighted by atomic mass is 35.5. The summed E-state index contributed by atoms with van der Waals surface area (Å²) >= 11 is 13.0. The maximum Gasteiger partial charge on any atom is 0.339 e. The van der Waals surface area contributed by atoms with Crippen molar-refractivity contribution in [2.45, 2.75) is 89.9 Å². The number of hydrogen-bond acceptors (Lipinski definition) is 11. The van der Waals surface area contributed by atoms with Gasteiger partial charge in [0.25, 0.3) is 0 Å². The Morgan fingerprint density at radius 2 is 1.78 bits per heavy atom. The summed E-state index contributed by atoms with van der Waals surface area (Å²) in [6.07, 6.45) is -6.30. The standard InChI is InChI=1S/C31H39Cl2NO11/c1-16-19(29(40)44-28-26(39)25(38)21(14-35)43-30(28)41-5)13-20(32)27(24(16)33)42-15-17-8-6-9-18(12-17)34-22(36)10-7-11-23(37)45-31(2,3)4/h6,8-9,12-13,21,25-26,28,30,35,38-39H,7,10-11,14-15H2,1-5H3,(H,34,36)/t21-,25-,26+,28-,30+/m1/s1. The van der Waals surface area contributed by atoms with Gasteiger partial charge >= 0.3 is 11.9 Å². The molecule has 0 radical (unpaired) electrons. The lowest BCUT2D eigenvalue weighted by atomic mass is 9.99. The molecule has 45 heavy (non-hydrogen) atoms. The fourth-order valence-corrected chi connectivity index (χ4v) is 5.07. The number of rotatable bonds is 12. The topological polar surface area (TPSA) is 170 Å². The van der Waals surface area contributed by atoms with E-state index in [4.69, 9.17) is 46.9 Å². The number of carbonyl (C=O) groups excluding carboxylic acids is 3. The number of halogens is 2. The predicted octanol–water partition coefficient (Wildman–Crippen LogP) is 3.94. The smallest absolute Gasteiger partial charge is 0.339 e. The van der Waals surface area contributed by atoms with Crippen molar-refractivity contribution in [3.63, 3.8) is 0 Å². The molecule has 1 fully saturated rings. The Morgan fingerprint density at radius 1 is 1.07 bits per heavy atom. The number of nitrogens with one attached hydrogen (secondary N) is 1. The highest BCUT2D eigenvalue weighted by molar-refractivity contribution is 6.38. The average molecular weight is 673 g/mol. The van der Waals surface area contributed by atoms with Crippen molar-refractivity contribution in [1.82, 2.24) is 0 Å². The van der Waals surface area contributed by atoms with Crippen LogP contribution in [0.2, 0.25) is 10.0 Å². The van der Waals surface area contributed by atoms with Gasteiger partial charge in [0.2, 0.25) is 5.91 Å². The molecule has 4 N–H and O–H groups in total. The van der Waals surface area contributed by atoms with Gasteiger partial charge in [0.1, 0.15) is 30.5 Å². The SMILES string of the molecule is CO[C@H]1O[C@H](CO)[C@@H](O)[C@H](O)[C@H]1OC(=O)c1cc(Cl)c(OCc2cccc(NC(=O)CCCC(=O)OC(C)(C)C)c2)c(Cl)c1C. The van der Waals surface area contributed by atoms with Crippen LogP contribution < -0.4 is 10.1 Å². The molecule has 0 aliphatic carbocycles. The van der Waals surface area contributed by atoms with Crippen LogP contribution in [0.1, 0.15) is 61.5 Å². The average Bonchev–Trinajstić information content (AvgIpc) is 2.96. The Labute approximate surface area is 271 Å². The molecule has 248 valence electrons. The lowest BCUT2D eigenvalue weighted by Crippen LogP contribution is -2.60. The molecule has 2 aromatic rings. The lowest BCUT2D eigenvalue weighted by Gasteiger charge is -2.40. The molecule has 0 aromatic heterocycles. The zero-order valence-electron chi connectivity index (χ0n) is 25.7. The first-order valence-electron chi connectivity index (χ1n) is 14.2. The number of ether oxygens (including phenoxy) is 5. The number of aliphatic hydroxyl groups excluding tert-OH is 3. The van der Waals surface area contributed by atoms with Crippen LogP contribution in [0.5, 0.6) is 5.75 Å². The minimum atomic E-state index is -1.60. The van der Waals surface area contributed by atoms with Crippen LogP contribution in [-0.4, -0.2) is 83.2 Å². The monoisotopic (exact) mass is 671 g/mol. The zero-order chi connectivity index (χ0) is 33.5. The number of benzene rings is 2. The van der Waals surface area contributed by atoms with E-state index in [-0.39, 0.29) is 58.2 Å². The molecular weight excluding hydrogens is 633 g/mol. The molecule has 14 heteroatoms. The van der Waals surface area contributed by atoms with E-state index in [1.807, 2.05) is 0 Å². The summed E-state index contributed by atoms with van der Waals surface area (Å²) in [5.41, 5.74) is 0.899. The van der Waals surface area contributed by atoms with Gasteiger partial charge in [-0.2, -0.15) is 0 Å². The summed E-state index contributed by atoms with van der Waals surface area (Å²) in [5, 5.41) is 32.9. The normalized spacial score (nSPS) is 21.6. The Bertz CT molecular complexity index is 1360. The van der Waals surface area contributed by atoms with E-state index < -0.39 is 48.9 Å². The van der Waals surface area contributed by atoms with Gasteiger partial charge in [-0.3, -0.25) is 9.59 Å². The molecule has 1 heterocycles. The molecule has 1 amide bonds. The summed E-state index contributed by atoms with van der Waals surface area (Å²) in [4.78, 5) is 37.3. The van der Waals surface area contributed by atoms with E-state index in [1.54, 1.807) is 52.0 Å². The molecule has 12 nitrogen and oxygen atoms in total. The Hall–Kier alpha value is -2.97. The first-order chi connectivity index (χ1) is 21.1. The van der Waals surface area contributed by atoms with Crippen molar-refractivity contribution in [2.24, 2.45) is 0 Å². The molecule has 0 saturated carbocycles. The van der Waals surface area contributed by atoms with Crippen molar-refractivity contribution < 1.29 is 53.4 Å². The fraction of sp³-hybridized carbons (Fsp3) is 0.516. The van der Waals surface area contributed by atoms with Crippen LogP contribution in [0.4, 0.5) is 5.69 Å². The second-order valence-electron chi connectivity index (χ2n) is 11.5. The van der Waals surface area contributed by atoms with Crippen molar-refractivity contribution in [2.75, 3.05) is 19.0 Å². The van der Waals surface area contributed by atoms with Crippen LogP contribution in [0.15, 0.2) is 30.3 Å². The minimum Gasteiger partial charge on any atom is -0.486 e. The Kier molecular flexibility index (Phi) is 13.0. The predicted molar refractivity (Wildman–Crippen MR) is 164 cm³/mol. The first kappa shape index (κ1) is 36.5. The quantitative estimate of drug-likeness (QED) is 0.241. The van der Waals surface area contributed by atoms with Crippen LogP contribution in [0.3, 0.4) is 0 Å². The van der Waals surface area contributed by atoms with E-state index in [0.717, 1.165) is 0 Å². The third kappa shape index (κ3) is 10.0. The van der Waals surface area contributed by atoms with Crippen LogP contribution in [0.25, 0.3) is 0 Å². The number of esters is 2. The third-order valence-electron chi connectivity index (χ3n) is 6.74. The van der Waals surface area contributed by atoms with Crippen LogP contribution in [-0.2, 0) is 35.1 Å². The maximum atomic E-state index is 13.1. The van der Waals surface area contributed by atoms with E-state index >= 15 is 0 Å². The Morgan fingerprint density at radius 3 is 2.42 bits per heavy atom. The lowest BCUT2D eigenvalue weighted by molar-refractivity contribution is -0.293. The number of hydrogen-bond donors (Lipinski definition) is 4. The second kappa shape index (κ2) is 16.0. The fourth-order valence-electron chi connectivity index (χ4n) is 4.50. The maximum absolute atomic E-state index is 13.1. The molecule has 0 unspecified atom stereocenters. The highest BCUT2D eigenvalue weighted by Crippen LogP contribution is 2.39. The second-order valence-corrected chi connectivity index (χ2v) is 12.2. The number of aliphatic hydroxyl groups is 3. The summed E-state index contributed by atoms with van der Waals surface area (Å²) in [7, 11) is 1.26. The molecule has 0 bridgehead atoms. The minimum absolute atomic E-state index is 0.0103. The third-order valence-corrected chi connectivity index (χ3v) is 7.47. The number of amides is 1. The summed E-state index contributed by atoms with van der Waals surface area (Å²) < 4.78 is 27.1. The van der Waals surface area contributed by atoms with Crippen molar-refractivity contribution in [1.29, 1.82) is 0 Å². The number of anilines is 1. The number of carbonyl (C=O) groups is 3. The molecule has 1 aliphatic heterocycles. The Balaban J connectivity index is 1.62.